The van der Waals surface area contributed by atoms with E-state index in [0.717, 1.165) is 0 Å². The lowest BCUT2D eigenvalue weighted by Crippen LogP contribution is -1.80. The van der Waals surface area contributed by atoms with Gasteiger partial charge < -0.3 is 4.98 Å². The Morgan fingerprint density at radius 1 is 0.519 bits per heavy atom. The van der Waals surface area contributed by atoms with Crippen molar-refractivity contribution >= 4 is 73.9 Å². The summed E-state index contributed by atoms with van der Waals surface area (Å²) >= 11 is 3.69. The Bertz CT molecular complexity index is 1410. The molecule has 1 N–H and O–H groups in total. The molecular weight excluding hydrogens is 366 g/mol. The summed E-state index contributed by atoms with van der Waals surface area (Å²) < 4.78 is 3.90. The monoisotopic (exact) mass is 381 g/mol. The summed E-state index contributed by atoms with van der Waals surface area (Å²) in [6, 6.07) is 28.7. The van der Waals surface area contributed by atoms with Crippen molar-refractivity contribution in [2.75, 3.05) is 0 Å². The largest absolute Gasteiger partial charge is 0.352 e. The summed E-state index contributed by atoms with van der Waals surface area (Å²) in [5.74, 6) is 0. The zero-order valence-electron chi connectivity index (χ0n) is 14.4. The third kappa shape index (κ3) is 2.29. The number of fused-ring (bicyclic) bond motifs is 8. The van der Waals surface area contributed by atoms with E-state index in [9.17, 15) is 0 Å². The molecular formula is C24H15NS2. The van der Waals surface area contributed by atoms with Crippen LogP contribution in [-0.2, 0) is 0 Å². The quantitative estimate of drug-likeness (QED) is 0.274. The molecule has 2 heterocycles. The van der Waals surface area contributed by atoms with E-state index in [1.54, 1.807) is 0 Å². The molecule has 0 amide bonds. The van der Waals surface area contributed by atoms with Gasteiger partial charge in [0.2, 0.25) is 0 Å². The smallest absolute Gasteiger partial charge is 0.110 e. The standard InChI is InChI=1S/C24H15NS2/c1-3-7-17-15(5-1)9-11-19-22(17)23-18-8-4-2-6-16(18)10-12-20(23)27-24-21(26-19)13-14-25-24/h1-14,25H. The third-order valence-electron chi connectivity index (χ3n) is 5.14. The van der Waals surface area contributed by atoms with Gasteiger partial charge in [0.15, 0.2) is 0 Å². The van der Waals surface area contributed by atoms with Crippen molar-refractivity contribution in [3.63, 3.8) is 0 Å². The average molecular weight is 382 g/mol. The zero-order chi connectivity index (χ0) is 17.8. The van der Waals surface area contributed by atoms with Crippen LogP contribution in [0.4, 0.5) is 0 Å². The van der Waals surface area contributed by atoms with Gasteiger partial charge in [-0.15, -0.1) is 22.7 Å². The van der Waals surface area contributed by atoms with Gasteiger partial charge in [-0.1, -0.05) is 60.7 Å². The molecule has 3 heteroatoms. The van der Waals surface area contributed by atoms with Crippen molar-refractivity contribution in [3.8, 4) is 0 Å². The van der Waals surface area contributed by atoms with E-state index in [4.69, 9.17) is 0 Å². The maximum atomic E-state index is 3.42. The topological polar surface area (TPSA) is 15.8 Å². The minimum absolute atomic E-state index is 1.22. The first-order chi connectivity index (χ1) is 13.4. The molecule has 0 saturated heterocycles. The zero-order valence-corrected chi connectivity index (χ0v) is 16.0. The van der Waals surface area contributed by atoms with Gasteiger partial charge in [0.25, 0.3) is 0 Å². The number of nitrogens with one attached hydrogen (secondary N) is 1. The Kier molecular flexibility index (Phi) is 3.27. The first-order valence-corrected chi connectivity index (χ1v) is 10.6. The molecule has 0 aliphatic heterocycles. The predicted octanol–water partition coefficient (Wildman–Crippen LogP) is 8.03. The normalized spacial score (nSPS) is 11.7. The first kappa shape index (κ1) is 15.2. The predicted molar refractivity (Wildman–Crippen MR) is 122 cm³/mol. The van der Waals surface area contributed by atoms with Crippen LogP contribution in [0.1, 0.15) is 0 Å². The first-order valence-electron chi connectivity index (χ1n) is 8.95. The van der Waals surface area contributed by atoms with Crippen molar-refractivity contribution in [2.45, 2.75) is 0 Å². The lowest BCUT2D eigenvalue weighted by Gasteiger charge is -2.09. The molecule has 0 aliphatic rings. The van der Waals surface area contributed by atoms with Crippen LogP contribution < -0.4 is 0 Å². The molecule has 0 saturated carbocycles. The Morgan fingerprint density at radius 2 is 1.11 bits per heavy atom. The van der Waals surface area contributed by atoms with Crippen molar-refractivity contribution < 1.29 is 0 Å². The van der Waals surface area contributed by atoms with Gasteiger partial charge in [-0.05, 0) is 39.7 Å². The fourth-order valence-corrected chi connectivity index (χ4v) is 6.11. The summed E-state index contributed by atoms with van der Waals surface area (Å²) in [6.07, 6.45) is 2.04. The summed E-state index contributed by atoms with van der Waals surface area (Å²) in [5, 5.41) is 7.90. The summed E-state index contributed by atoms with van der Waals surface area (Å²) in [4.78, 5) is 4.64. The van der Waals surface area contributed by atoms with Crippen LogP contribution >= 0.6 is 22.7 Å². The fraction of sp³-hybridized carbons (Fsp3) is 0. The number of aromatic amines is 1. The van der Waals surface area contributed by atoms with Gasteiger partial charge >= 0.3 is 0 Å². The second kappa shape index (κ2) is 5.81. The van der Waals surface area contributed by atoms with Crippen LogP contribution in [0.5, 0.6) is 0 Å². The van der Waals surface area contributed by atoms with E-state index in [0.29, 0.717) is 0 Å². The highest BCUT2D eigenvalue weighted by atomic mass is 32.1. The van der Waals surface area contributed by atoms with Gasteiger partial charge in [-0.25, -0.2) is 0 Å². The number of benzene rings is 4. The van der Waals surface area contributed by atoms with Crippen molar-refractivity contribution in [2.24, 2.45) is 0 Å². The molecule has 27 heavy (non-hydrogen) atoms. The molecule has 6 rings (SSSR count). The third-order valence-corrected chi connectivity index (χ3v) is 7.49. The van der Waals surface area contributed by atoms with Crippen LogP contribution in [0, 0.1) is 0 Å². The van der Waals surface area contributed by atoms with Crippen LogP contribution in [0.2, 0.25) is 0 Å². The number of hydrogen-bond acceptors (Lipinski definition) is 2. The van der Waals surface area contributed by atoms with E-state index in [1.165, 1.54) is 51.2 Å². The van der Waals surface area contributed by atoms with Gasteiger partial charge in [0, 0.05) is 26.4 Å². The number of aromatic nitrogens is 1. The van der Waals surface area contributed by atoms with Gasteiger partial charge in [0.05, 0.1) is 4.70 Å². The SMILES string of the molecule is c1ccc2c(c1)ccc1sc3cc[nH]c3sc3ccc4ccccc4c3c12. The van der Waals surface area contributed by atoms with E-state index < -0.39 is 0 Å². The molecule has 0 aliphatic carbocycles. The van der Waals surface area contributed by atoms with E-state index >= 15 is 0 Å². The molecule has 0 unspecified atom stereocenters. The Morgan fingerprint density at radius 3 is 1.78 bits per heavy atom. The average Bonchev–Trinajstić information content (AvgIpc) is 3.13. The van der Waals surface area contributed by atoms with Gasteiger partial charge in [-0.2, -0.15) is 0 Å². The Hall–Kier alpha value is -2.88. The molecule has 0 atom stereocenters. The second-order valence-electron chi connectivity index (χ2n) is 6.69. The maximum Gasteiger partial charge on any atom is 0.110 e. The van der Waals surface area contributed by atoms with E-state index in [2.05, 4.69) is 83.8 Å². The van der Waals surface area contributed by atoms with Crippen molar-refractivity contribution in [1.29, 1.82) is 0 Å². The van der Waals surface area contributed by atoms with E-state index in [-0.39, 0.29) is 0 Å². The molecule has 2 aromatic heterocycles. The molecule has 6 aromatic rings. The molecule has 0 fully saturated rings. The minimum atomic E-state index is 1.22. The lowest BCUT2D eigenvalue weighted by molar-refractivity contribution is 1.51. The van der Waals surface area contributed by atoms with Gasteiger partial charge in [-0.3, -0.25) is 0 Å². The highest BCUT2D eigenvalue weighted by Crippen LogP contribution is 2.39. The Labute approximate surface area is 163 Å². The lowest BCUT2D eigenvalue weighted by atomic mass is 9.99. The minimum Gasteiger partial charge on any atom is -0.352 e. The van der Waals surface area contributed by atoms with Crippen molar-refractivity contribution in [1.82, 2.24) is 4.98 Å². The molecule has 4 aromatic carbocycles. The molecule has 128 valence electrons. The maximum absolute atomic E-state index is 3.42. The number of hydrogen-bond donors (Lipinski definition) is 1. The number of H-pyrrole nitrogens is 1. The van der Waals surface area contributed by atoms with Crippen LogP contribution in [0.25, 0.3) is 51.2 Å². The van der Waals surface area contributed by atoms with Crippen LogP contribution in [0.15, 0.2) is 85.1 Å². The highest BCUT2D eigenvalue weighted by Gasteiger charge is 2.09. The Balaban J connectivity index is 2.06. The number of rotatable bonds is 0. The fourth-order valence-electron chi connectivity index (χ4n) is 3.92. The summed E-state index contributed by atoms with van der Waals surface area (Å²) in [6.45, 7) is 0. The summed E-state index contributed by atoms with van der Waals surface area (Å²) in [7, 11) is 0. The molecule has 0 radical (unpaired) electrons. The van der Waals surface area contributed by atoms with Gasteiger partial charge in [0.1, 0.15) is 4.83 Å². The van der Waals surface area contributed by atoms with Crippen LogP contribution in [0.3, 0.4) is 0 Å². The van der Waals surface area contributed by atoms with Crippen molar-refractivity contribution in [3.05, 3.63) is 85.1 Å². The summed E-state index contributed by atoms with van der Waals surface area (Å²) in [5.41, 5.74) is 0. The van der Waals surface area contributed by atoms with E-state index in [1.807, 2.05) is 28.9 Å². The highest BCUT2D eigenvalue weighted by molar-refractivity contribution is 7.31. The molecule has 0 spiro atoms. The molecule has 0 bridgehead atoms. The molecule has 1 nitrogen and oxygen atoms in total. The second-order valence-corrected chi connectivity index (χ2v) is 8.83. The van der Waals surface area contributed by atoms with Crippen LogP contribution in [-0.4, -0.2) is 4.98 Å².